The van der Waals surface area contributed by atoms with Crippen LogP contribution in [-0.4, -0.2) is 11.6 Å². The largest absolute Gasteiger partial charge is 0.311 e. The molecule has 2 aromatic rings. The molecule has 1 aromatic heterocycles. The second-order valence-electron chi connectivity index (χ2n) is 6.26. The molecule has 0 aliphatic heterocycles. The molecule has 22 heavy (non-hydrogen) atoms. The molecule has 3 heteroatoms. The highest BCUT2D eigenvalue weighted by Crippen LogP contribution is 2.36. The normalized spacial score (nSPS) is 17.3. The van der Waals surface area contributed by atoms with Gasteiger partial charge in [0.2, 0.25) is 0 Å². The van der Waals surface area contributed by atoms with Gasteiger partial charge in [0.15, 0.2) is 0 Å². The van der Waals surface area contributed by atoms with Gasteiger partial charge in [0.25, 0.3) is 5.56 Å². The van der Waals surface area contributed by atoms with E-state index in [1.807, 2.05) is 35.9 Å². The second kappa shape index (κ2) is 6.49. The van der Waals surface area contributed by atoms with Crippen LogP contribution in [0.2, 0.25) is 0 Å². The van der Waals surface area contributed by atoms with E-state index in [2.05, 4.69) is 23.6 Å². The lowest BCUT2D eigenvalue weighted by atomic mass is 9.77. The number of aromatic nitrogens is 1. The van der Waals surface area contributed by atoms with Crippen molar-refractivity contribution in [3.8, 4) is 0 Å². The number of hydrogen-bond donors (Lipinski definition) is 1. The lowest BCUT2D eigenvalue weighted by Crippen LogP contribution is -2.42. The van der Waals surface area contributed by atoms with Crippen LogP contribution in [0.1, 0.15) is 43.2 Å². The van der Waals surface area contributed by atoms with E-state index in [1.54, 1.807) is 6.07 Å². The summed E-state index contributed by atoms with van der Waals surface area (Å²) in [5.74, 6) is 0. The van der Waals surface area contributed by atoms with Gasteiger partial charge in [0.1, 0.15) is 0 Å². The predicted molar refractivity (Wildman–Crippen MR) is 90.1 cm³/mol. The highest BCUT2D eigenvalue weighted by atomic mass is 16.1. The molecule has 0 radical (unpaired) electrons. The maximum absolute atomic E-state index is 12.2. The van der Waals surface area contributed by atoms with E-state index in [-0.39, 0.29) is 11.1 Å². The van der Waals surface area contributed by atoms with Crippen LogP contribution < -0.4 is 10.9 Å². The van der Waals surface area contributed by atoms with Crippen LogP contribution >= 0.6 is 0 Å². The summed E-state index contributed by atoms with van der Waals surface area (Å²) in [6.45, 7) is 0.632. The smallest absolute Gasteiger partial charge is 0.250 e. The maximum Gasteiger partial charge on any atom is 0.250 e. The van der Waals surface area contributed by atoms with Gasteiger partial charge in [-0.1, -0.05) is 55.7 Å². The zero-order chi connectivity index (χ0) is 15.4. The summed E-state index contributed by atoms with van der Waals surface area (Å²) in [4.78, 5) is 12.2. The number of nitrogens with zero attached hydrogens (tertiary/aromatic N) is 1. The number of pyridine rings is 1. The van der Waals surface area contributed by atoms with E-state index >= 15 is 0 Å². The topological polar surface area (TPSA) is 34.0 Å². The van der Waals surface area contributed by atoms with E-state index < -0.39 is 0 Å². The fraction of sp³-hybridized carbons (Fsp3) is 0.421. The third-order valence-corrected chi connectivity index (χ3v) is 4.92. The number of benzene rings is 1. The Labute approximate surface area is 132 Å². The van der Waals surface area contributed by atoms with Crippen LogP contribution in [0, 0.1) is 0 Å². The first-order valence-electron chi connectivity index (χ1n) is 8.17. The molecule has 1 fully saturated rings. The van der Waals surface area contributed by atoms with Gasteiger partial charge in [0.05, 0.1) is 6.54 Å². The van der Waals surface area contributed by atoms with Gasteiger partial charge < -0.3 is 9.88 Å². The van der Waals surface area contributed by atoms with Gasteiger partial charge >= 0.3 is 0 Å². The maximum atomic E-state index is 12.2. The molecule has 3 nitrogen and oxygen atoms in total. The lowest BCUT2D eigenvalue weighted by Gasteiger charge is -2.38. The molecule has 1 saturated carbocycles. The summed E-state index contributed by atoms with van der Waals surface area (Å²) in [5, 5.41) is 3.53. The van der Waals surface area contributed by atoms with E-state index in [4.69, 9.17) is 0 Å². The highest BCUT2D eigenvalue weighted by molar-refractivity contribution is 5.23. The molecule has 1 aliphatic carbocycles. The van der Waals surface area contributed by atoms with Gasteiger partial charge in [-0.25, -0.2) is 0 Å². The predicted octanol–water partition coefficient (Wildman–Crippen LogP) is 3.28. The molecule has 3 rings (SSSR count). The van der Waals surface area contributed by atoms with Crippen molar-refractivity contribution in [1.29, 1.82) is 0 Å². The van der Waals surface area contributed by atoms with Crippen LogP contribution in [0.4, 0.5) is 0 Å². The van der Waals surface area contributed by atoms with Gasteiger partial charge in [-0.05, 0) is 31.0 Å². The molecule has 0 spiro atoms. The van der Waals surface area contributed by atoms with Crippen LogP contribution in [0.5, 0.6) is 0 Å². The summed E-state index contributed by atoms with van der Waals surface area (Å²) in [7, 11) is 2.04. The van der Waals surface area contributed by atoms with Crippen LogP contribution in [-0.2, 0) is 12.1 Å². The highest BCUT2D eigenvalue weighted by Gasteiger charge is 2.32. The Balaban J connectivity index is 1.94. The summed E-state index contributed by atoms with van der Waals surface area (Å²) in [5.41, 5.74) is 2.49. The Morgan fingerprint density at radius 2 is 1.77 bits per heavy atom. The summed E-state index contributed by atoms with van der Waals surface area (Å²) in [6, 6.07) is 13.9. The lowest BCUT2D eigenvalue weighted by molar-refractivity contribution is 0.248. The van der Waals surface area contributed by atoms with Gasteiger partial charge in [-0.2, -0.15) is 0 Å². The Bertz CT molecular complexity index is 669. The van der Waals surface area contributed by atoms with Gasteiger partial charge in [0, 0.05) is 17.8 Å². The van der Waals surface area contributed by atoms with Crippen molar-refractivity contribution in [3.63, 3.8) is 0 Å². The average molecular weight is 296 g/mol. The minimum Gasteiger partial charge on any atom is -0.311 e. The Hall–Kier alpha value is -1.87. The van der Waals surface area contributed by atoms with Crippen molar-refractivity contribution in [2.45, 2.75) is 44.2 Å². The first-order chi connectivity index (χ1) is 10.7. The summed E-state index contributed by atoms with van der Waals surface area (Å²) < 4.78 is 1.83. The van der Waals surface area contributed by atoms with Crippen molar-refractivity contribution in [2.75, 3.05) is 7.05 Å². The van der Waals surface area contributed by atoms with E-state index in [0.717, 1.165) is 18.4 Å². The number of nitrogens with one attached hydrogen (secondary N) is 1. The summed E-state index contributed by atoms with van der Waals surface area (Å²) in [6.07, 6.45) is 8.15. The molecule has 1 heterocycles. The molecule has 0 atom stereocenters. The zero-order valence-corrected chi connectivity index (χ0v) is 13.2. The SMILES string of the molecule is CNC1(c2ccc(=O)n(Cc3ccccc3)c2)CCCCC1. The molecule has 116 valence electrons. The monoisotopic (exact) mass is 296 g/mol. The minimum absolute atomic E-state index is 0.0321. The molecule has 1 N–H and O–H groups in total. The standard InChI is InChI=1S/C19H24N2O/c1-20-19(12-6-3-7-13-19)17-10-11-18(22)21(15-17)14-16-8-4-2-5-9-16/h2,4-5,8-11,15,20H,3,6-7,12-14H2,1H3. The van der Waals surface area contributed by atoms with Crippen molar-refractivity contribution in [1.82, 2.24) is 9.88 Å². The van der Waals surface area contributed by atoms with Crippen molar-refractivity contribution < 1.29 is 0 Å². The van der Waals surface area contributed by atoms with Crippen LogP contribution in [0.3, 0.4) is 0 Å². The fourth-order valence-electron chi connectivity index (χ4n) is 3.56. The fourth-order valence-corrected chi connectivity index (χ4v) is 3.56. The van der Waals surface area contributed by atoms with Crippen molar-refractivity contribution in [3.05, 3.63) is 70.1 Å². The molecule has 0 saturated heterocycles. The van der Waals surface area contributed by atoms with Gasteiger partial charge in [-0.3, -0.25) is 4.79 Å². The summed E-state index contributed by atoms with van der Waals surface area (Å²) >= 11 is 0. The zero-order valence-electron chi connectivity index (χ0n) is 13.2. The first kappa shape index (κ1) is 15.0. The minimum atomic E-state index is 0.0321. The Morgan fingerprint density at radius 3 is 2.45 bits per heavy atom. The molecule has 0 unspecified atom stereocenters. The van der Waals surface area contributed by atoms with Crippen LogP contribution in [0.25, 0.3) is 0 Å². The molecule has 0 bridgehead atoms. The quantitative estimate of drug-likeness (QED) is 0.939. The van der Waals surface area contributed by atoms with E-state index in [1.165, 1.54) is 24.8 Å². The van der Waals surface area contributed by atoms with E-state index in [9.17, 15) is 4.79 Å². The molecule has 1 aromatic carbocycles. The third kappa shape index (κ3) is 3.00. The molecule has 0 amide bonds. The number of rotatable bonds is 4. The molecular weight excluding hydrogens is 272 g/mol. The van der Waals surface area contributed by atoms with Crippen LogP contribution in [0.15, 0.2) is 53.5 Å². The molecular formula is C19H24N2O. The average Bonchev–Trinajstić information content (AvgIpc) is 2.58. The molecule has 1 aliphatic rings. The third-order valence-electron chi connectivity index (χ3n) is 4.92. The van der Waals surface area contributed by atoms with Gasteiger partial charge in [-0.15, -0.1) is 0 Å². The second-order valence-corrected chi connectivity index (χ2v) is 6.26. The number of hydrogen-bond acceptors (Lipinski definition) is 2. The van der Waals surface area contributed by atoms with E-state index in [0.29, 0.717) is 6.54 Å². The Kier molecular flexibility index (Phi) is 4.44. The first-order valence-corrected chi connectivity index (χ1v) is 8.17. The van der Waals surface area contributed by atoms with Crippen molar-refractivity contribution >= 4 is 0 Å². The van der Waals surface area contributed by atoms with Crippen molar-refractivity contribution in [2.24, 2.45) is 0 Å². The Morgan fingerprint density at radius 1 is 1.05 bits per heavy atom.